The first-order valence-electron chi connectivity index (χ1n) is 4.61. The summed E-state index contributed by atoms with van der Waals surface area (Å²) in [6.07, 6.45) is 1.37. The fourth-order valence-electron chi connectivity index (χ4n) is 1.22. The Kier molecular flexibility index (Phi) is 3.13. The van der Waals surface area contributed by atoms with Crippen LogP contribution in [0.4, 0.5) is 5.13 Å². The molecular formula is C8H10N4O3S2. The molecule has 2 aromatic rings. The van der Waals surface area contributed by atoms with Crippen molar-refractivity contribution in [1.82, 2.24) is 14.9 Å². The first-order chi connectivity index (χ1) is 7.99. The van der Waals surface area contributed by atoms with Gasteiger partial charge in [-0.2, -0.15) is 0 Å². The lowest BCUT2D eigenvalue weighted by atomic mass is 10.5. The summed E-state index contributed by atoms with van der Waals surface area (Å²) in [4.78, 5) is 3.87. The Morgan fingerprint density at radius 2 is 2.35 bits per heavy atom. The summed E-state index contributed by atoms with van der Waals surface area (Å²) in [5, 5.41) is 3.83. The standard InChI is InChI=1S/C8H10N4O3S2/c1-5-7(16-8(9)11-5)17(13,14)10-4-6-2-3-15-12-6/h2-3,10H,4H2,1H3,(H2,9,11). The smallest absolute Gasteiger partial charge is 0.252 e. The second-order valence-electron chi connectivity index (χ2n) is 3.24. The van der Waals surface area contributed by atoms with Crippen LogP contribution in [-0.4, -0.2) is 18.6 Å². The lowest BCUT2D eigenvalue weighted by Gasteiger charge is -2.02. The van der Waals surface area contributed by atoms with Gasteiger partial charge in [0.05, 0.1) is 17.9 Å². The number of sulfonamides is 1. The molecule has 3 N–H and O–H groups in total. The minimum absolute atomic E-state index is 0.0656. The molecule has 0 spiro atoms. The number of rotatable bonds is 4. The normalized spacial score (nSPS) is 11.8. The van der Waals surface area contributed by atoms with E-state index in [1.165, 1.54) is 6.26 Å². The van der Waals surface area contributed by atoms with E-state index in [0.717, 1.165) is 11.3 Å². The first-order valence-corrected chi connectivity index (χ1v) is 6.91. The molecule has 0 saturated heterocycles. The molecule has 92 valence electrons. The van der Waals surface area contributed by atoms with Crippen molar-refractivity contribution in [1.29, 1.82) is 0 Å². The molecule has 0 bridgehead atoms. The van der Waals surface area contributed by atoms with E-state index in [9.17, 15) is 8.42 Å². The highest BCUT2D eigenvalue weighted by molar-refractivity contribution is 7.91. The van der Waals surface area contributed by atoms with Crippen LogP contribution >= 0.6 is 11.3 Å². The van der Waals surface area contributed by atoms with Gasteiger partial charge >= 0.3 is 0 Å². The lowest BCUT2D eigenvalue weighted by Crippen LogP contribution is -2.23. The van der Waals surface area contributed by atoms with Crippen LogP contribution in [0.5, 0.6) is 0 Å². The van der Waals surface area contributed by atoms with Crippen molar-refractivity contribution >= 4 is 26.5 Å². The van der Waals surface area contributed by atoms with Crippen LogP contribution in [-0.2, 0) is 16.6 Å². The molecule has 0 aliphatic carbocycles. The zero-order valence-corrected chi connectivity index (χ0v) is 10.5. The minimum Gasteiger partial charge on any atom is -0.375 e. The number of nitrogens with zero attached hydrogens (tertiary/aromatic N) is 2. The van der Waals surface area contributed by atoms with E-state index in [4.69, 9.17) is 5.73 Å². The number of nitrogens with two attached hydrogens (primary N) is 1. The van der Waals surface area contributed by atoms with Gasteiger partial charge in [0.1, 0.15) is 6.26 Å². The predicted octanol–water partition coefficient (Wildman–Crippen LogP) is 0.500. The molecule has 0 atom stereocenters. The predicted molar refractivity (Wildman–Crippen MR) is 61.8 cm³/mol. The van der Waals surface area contributed by atoms with Gasteiger partial charge in [0.25, 0.3) is 10.0 Å². The van der Waals surface area contributed by atoms with E-state index in [-0.39, 0.29) is 15.9 Å². The van der Waals surface area contributed by atoms with Crippen LogP contribution in [0.15, 0.2) is 21.1 Å². The lowest BCUT2D eigenvalue weighted by molar-refractivity contribution is 0.411. The maximum absolute atomic E-state index is 11.9. The number of nitrogens with one attached hydrogen (secondary N) is 1. The van der Waals surface area contributed by atoms with Crippen molar-refractivity contribution in [3.63, 3.8) is 0 Å². The second-order valence-corrected chi connectivity index (χ2v) is 6.23. The van der Waals surface area contributed by atoms with E-state index in [1.807, 2.05) is 0 Å². The molecule has 2 aromatic heterocycles. The highest BCUT2D eigenvalue weighted by atomic mass is 32.2. The molecular weight excluding hydrogens is 264 g/mol. The average Bonchev–Trinajstić information content (AvgIpc) is 2.85. The minimum atomic E-state index is -3.60. The van der Waals surface area contributed by atoms with E-state index in [0.29, 0.717) is 11.4 Å². The van der Waals surface area contributed by atoms with Gasteiger partial charge in [0.2, 0.25) is 0 Å². The summed E-state index contributed by atoms with van der Waals surface area (Å²) in [7, 11) is -3.60. The van der Waals surface area contributed by atoms with Crippen molar-refractivity contribution in [2.45, 2.75) is 17.7 Å². The summed E-state index contributed by atoms with van der Waals surface area (Å²) in [5.74, 6) is 0. The zero-order chi connectivity index (χ0) is 12.5. The number of aromatic nitrogens is 2. The van der Waals surface area contributed by atoms with Crippen molar-refractivity contribution in [3.05, 3.63) is 23.7 Å². The molecule has 0 aliphatic rings. The van der Waals surface area contributed by atoms with Crippen molar-refractivity contribution < 1.29 is 12.9 Å². The molecule has 17 heavy (non-hydrogen) atoms. The summed E-state index contributed by atoms with van der Waals surface area (Å²) in [6.45, 7) is 1.66. The Morgan fingerprint density at radius 1 is 1.59 bits per heavy atom. The SMILES string of the molecule is Cc1nc(N)sc1S(=O)(=O)NCc1ccon1. The topological polar surface area (TPSA) is 111 Å². The first kappa shape index (κ1) is 12.0. The molecule has 2 rings (SSSR count). The Bertz CT molecular complexity index is 603. The van der Waals surface area contributed by atoms with E-state index >= 15 is 0 Å². The largest absolute Gasteiger partial charge is 0.375 e. The second kappa shape index (κ2) is 4.43. The Hall–Kier alpha value is -1.45. The number of hydrogen-bond donors (Lipinski definition) is 2. The van der Waals surface area contributed by atoms with Gasteiger partial charge in [-0.3, -0.25) is 0 Å². The molecule has 0 aromatic carbocycles. The summed E-state index contributed by atoms with van der Waals surface area (Å²) in [5.41, 5.74) is 6.35. The molecule has 0 amide bonds. The van der Waals surface area contributed by atoms with Crippen LogP contribution in [0.25, 0.3) is 0 Å². The molecule has 0 radical (unpaired) electrons. The molecule has 9 heteroatoms. The van der Waals surface area contributed by atoms with Gasteiger partial charge in [-0.15, -0.1) is 0 Å². The highest BCUT2D eigenvalue weighted by Crippen LogP contribution is 2.24. The van der Waals surface area contributed by atoms with Crippen molar-refractivity contribution in [3.8, 4) is 0 Å². The van der Waals surface area contributed by atoms with Crippen molar-refractivity contribution in [2.75, 3.05) is 5.73 Å². The average molecular weight is 274 g/mol. The molecule has 0 fully saturated rings. The van der Waals surface area contributed by atoms with Gasteiger partial charge in [-0.1, -0.05) is 16.5 Å². The van der Waals surface area contributed by atoms with E-state index in [2.05, 4.69) is 19.4 Å². The Labute approximate surface area is 102 Å². The number of aryl methyl sites for hydroxylation is 1. The number of hydrogen-bond acceptors (Lipinski definition) is 7. The van der Waals surface area contributed by atoms with Gasteiger partial charge in [-0.05, 0) is 6.92 Å². The van der Waals surface area contributed by atoms with Gasteiger partial charge in [0, 0.05) is 6.07 Å². The van der Waals surface area contributed by atoms with Crippen molar-refractivity contribution in [2.24, 2.45) is 0 Å². The van der Waals surface area contributed by atoms with Crippen LogP contribution in [0.1, 0.15) is 11.4 Å². The monoisotopic (exact) mass is 274 g/mol. The molecule has 2 heterocycles. The third-order valence-corrected chi connectivity index (χ3v) is 4.95. The van der Waals surface area contributed by atoms with E-state index < -0.39 is 10.0 Å². The van der Waals surface area contributed by atoms with Gasteiger partial charge < -0.3 is 10.3 Å². The van der Waals surface area contributed by atoms with Gasteiger partial charge in [0.15, 0.2) is 9.34 Å². The third kappa shape index (κ3) is 2.62. The number of thiazole rings is 1. The van der Waals surface area contributed by atoms with Crippen LogP contribution in [0.3, 0.4) is 0 Å². The Morgan fingerprint density at radius 3 is 2.88 bits per heavy atom. The molecule has 0 saturated carbocycles. The maximum Gasteiger partial charge on any atom is 0.252 e. The number of anilines is 1. The highest BCUT2D eigenvalue weighted by Gasteiger charge is 2.21. The Balaban J connectivity index is 2.17. The van der Waals surface area contributed by atoms with Crippen LogP contribution in [0.2, 0.25) is 0 Å². The van der Waals surface area contributed by atoms with Crippen LogP contribution in [0, 0.1) is 6.92 Å². The number of nitrogen functional groups attached to an aromatic ring is 1. The fourth-order valence-corrected chi connectivity index (χ4v) is 3.56. The zero-order valence-electron chi connectivity index (χ0n) is 8.87. The molecule has 7 nitrogen and oxygen atoms in total. The maximum atomic E-state index is 11.9. The summed E-state index contributed by atoms with van der Waals surface area (Å²) in [6, 6.07) is 1.58. The van der Waals surface area contributed by atoms with E-state index in [1.54, 1.807) is 13.0 Å². The molecule has 0 unspecified atom stereocenters. The summed E-state index contributed by atoms with van der Waals surface area (Å²) >= 11 is 0.931. The molecule has 0 aliphatic heterocycles. The summed E-state index contributed by atoms with van der Waals surface area (Å²) < 4.78 is 30.9. The third-order valence-electron chi connectivity index (χ3n) is 1.95. The fraction of sp³-hybridized carbons (Fsp3) is 0.250. The van der Waals surface area contributed by atoms with Gasteiger partial charge in [-0.25, -0.2) is 18.1 Å². The quantitative estimate of drug-likeness (QED) is 0.839. The van der Waals surface area contributed by atoms with Crippen LogP contribution < -0.4 is 10.5 Å².